The third kappa shape index (κ3) is 5.95. The van der Waals surface area contributed by atoms with Gasteiger partial charge in [0.25, 0.3) is 5.09 Å². The molecule has 0 radical (unpaired) electrons. The second-order valence-corrected chi connectivity index (χ2v) is 3.33. The van der Waals surface area contributed by atoms with Gasteiger partial charge in [-0.15, -0.1) is 10.1 Å². The summed E-state index contributed by atoms with van der Waals surface area (Å²) in [6.07, 6.45) is -1.30. The summed E-state index contributed by atoms with van der Waals surface area (Å²) in [4.78, 5) is 36.7. The van der Waals surface area contributed by atoms with Crippen molar-refractivity contribution in [2.45, 2.75) is 26.0 Å². The number of esters is 1. The first-order valence-corrected chi connectivity index (χ1v) is 5.44. The van der Waals surface area contributed by atoms with Crippen LogP contribution < -0.4 is 5.32 Å². The van der Waals surface area contributed by atoms with Gasteiger partial charge in [-0.25, -0.2) is 4.79 Å². The number of ether oxygens (including phenoxy) is 1. The number of rotatable bonds is 7. The molecule has 0 fully saturated rings. The Bertz CT molecular complexity index is 298. The Balaban J connectivity index is 4.32. The summed E-state index contributed by atoms with van der Waals surface area (Å²) in [6.45, 7) is 2.98. The minimum Gasteiger partial charge on any atom is -0.464 e. The van der Waals surface area contributed by atoms with Crippen molar-refractivity contribution in [1.29, 1.82) is 0 Å². The van der Waals surface area contributed by atoms with Gasteiger partial charge in [0.05, 0.1) is 6.61 Å². The molecular weight excluding hydrogens is 252 g/mol. The molecule has 98 valence electrons. The molecule has 1 amide bonds. The van der Waals surface area contributed by atoms with Gasteiger partial charge in [-0.3, -0.25) is 4.79 Å². The molecule has 1 N–H and O–H groups in total. The van der Waals surface area contributed by atoms with Crippen LogP contribution >= 0.6 is 12.6 Å². The monoisotopic (exact) mass is 266 g/mol. The van der Waals surface area contributed by atoms with Crippen LogP contribution in [0.25, 0.3) is 0 Å². The number of hydrogen-bond acceptors (Lipinski definition) is 7. The maximum absolute atomic E-state index is 11.4. The lowest BCUT2D eigenvalue weighted by atomic mass is 10.3. The zero-order valence-corrected chi connectivity index (χ0v) is 10.3. The van der Waals surface area contributed by atoms with E-state index >= 15 is 0 Å². The fourth-order valence-corrected chi connectivity index (χ4v) is 1.13. The molecule has 0 bridgehead atoms. The van der Waals surface area contributed by atoms with Gasteiger partial charge in [-0.1, -0.05) is 0 Å². The van der Waals surface area contributed by atoms with Crippen LogP contribution in [0.3, 0.4) is 0 Å². The number of carbonyl (C=O) groups excluding carboxylic acids is 2. The molecule has 0 aliphatic rings. The minimum atomic E-state index is -1.30. The van der Waals surface area contributed by atoms with Crippen LogP contribution in [0, 0.1) is 10.1 Å². The highest BCUT2D eigenvalue weighted by atomic mass is 32.1. The Morgan fingerprint density at radius 1 is 1.53 bits per heavy atom. The van der Waals surface area contributed by atoms with Crippen LogP contribution in [0.2, 0.25) is 0 Å². The van der Waals surface area contributed by atoms with E-state index in [1.165, 1.54) is 6.92 Å². The molecule has 8 nitrogen and oxygen atoms in total. The van der Waals surface area contributed by atoms with E-state index in [-0.39, 0.29) is 12.4 Å². The summed E-state index contributed by atoms with van der Waals surface area (Å²) in [5.74, 6) is -1.41. The molecule has 0 saturated carbocycles. The summed E-state index contributed by atoms with van der Waals surface area (Å²) >= 11 is 3.87. The van der Waals surface area contributed by atoms with Crippen LogP contribution in [0.15, 0.2) is 0 Å². The highest BCUT2D eigenvalue weighted by Gasteiger charge is 2.24. The molecular formula is C8H14N2O6S. The van der Waals surface area contributed by atoms with Crippen molar-refractivity contribution < 1.29 is 24.3 Å². The highest BCUT2D eigenvalue weighted by molar-refractivity contribution is 7.80. The fraction of sp³-hybridized carbons (Fsp3) is 0.750. The van der Waals surface area contributed by atoms with E-state index in [0.29, 0.717) is 0 Å². The van der Waals surface area contributed by atoms with Crippen molar-refractivity contribution in [3.05, 3.63) is 10.1 Å². The normalized spacial score (nSPS) is 13.4. The van der Waals surface area contributed by atoms with Crippen molar-refractivity contribution in [1.82, 2.24) is 5.32 Å². The van der Waals surface area contributed by atoms with E-state index in [9.17, 15) is 19.7 Å². The second kappa shape index (κ2) is 7.71. The predicted octanol–water partition coefficient (Wildman–Crippen LogP) is -0.439. The van der Waals surface area contributed by atoms with Crippen LogP contribution in [-0.2, 0) is 19.2 Å². The molecule has 2 unspecified atom stereocenters. The quantitative estimate of drug-likeness (QED) is 0.280. The lowest BCUT2D eigenvalue weighted by Gasteiger charge is -2.17. The first kappa shape index (κ1) is 15.5. The van der Waals surface area contributed by atoms with Gasteiger partial charge in [0.1, 0.15) is 6.04 Å². The molecule has 2 atom stereocenters. The van der Waals surface area contributed by atoms with E-state index in [1.807, 2.05) is 0 Å². The molecule has 0 heterocycles. The average molecular weight is 266 g/mol. The Hall–Kier alpha value is -1.51. The van der Waals surface area contributed by atoms with Crippen LogP contribution in [0.1, 0.15) is 13.8 Å². The van der Waals surface area contributed by atoms with Crippen molar-refractivity contribution in [3.8, 4) is 0 Å². The van der Waals surface area contributed by atoms with E-state index in [1.54, 1.807) is 6.92 Å². The number of thiol groups is 1. The topological polar surface area (TPSA) is 108 Å². The first-order valence-electron chi connectivity index (χ1n) is 4.81. The van der Waals surface area contributed by atoms with E-state index < -0.39 is 29.1 Å². The second-order valence-electron chi connectivity index (χ2n) is 2.97. The third-order valence-electron chi connectivity index (χ3n) is 1.68. The van der Waals surface area contributed by atoms with Gasteiger partial charge in [0.15, 0.2) is 6.10 Å². The molecule has 0 aromatic rings. The third-order valence-corrected chi connectivity index (χ3v) is 2.05. The van der Waals surface area contributed by atoms with Gasteiger partial charge in [0.2, 0.25) is 5.91 Å². The Morgan fingerprint density at radius 3 is 2.53 bits per heavy atom. The zero-order valence-electron chi connectivity index (χ0n) is 9.41. The summed E-state index contributed by atoms with van der Waals surface area (Å²) in [5, 5.41) is 11.2. The van der Waals surface area contributed by atoms with Gasteiger partial charge in [-0.05, 0) is 13.8 Å². The van der Waals surface area contributed by atoms with Crippen molar-refractivity contribution in [3.63, 3.8) is 0 Å². The van der Waals surface area contributed by atoms with Gasteiger partial charge in [-0.2, -0.15) is 12.6 Å². The molecule has 0 spiro atoms. The number of nitrogens with zero attached hydrogens (tertiary/aromatic N) is 1. The zero-order chi connectivity index (χ0) is 13.4. The smallest absolute Gasteiger partial charge is 0.329 e. The summed E-state index contributed by atoms with van der Waals surface area (Å²) in [6, 6.07) is -0.955. The summed E-state index contributed by atoms with van der Waals surface area (Å²) in [7, 11) is 0. The Labute approximate surface area is 103 Å². The highest BCUT2D eigenvalue weighted by Crippen LogP contribution is 1.97. The van der Waals surface area contributed by atoms with Gasteiger partial charge in [0, 0.05) is 5.75 Å². The number of hydrogen-bond donors (Lipinski definition) is 2. The molecule has 9 heteroatoms. The van der Waals surface area contributed by atoms with Crippen LogP contribution in [0.5, 0.6) is 0 Å². The Morgan fingerprint density at radius 2 is 2.12 bits per heavy atom. The van der Waals surface area contributed by atoms with Gasteiger partial charge >= 0.3 is 5.97 Å². The largest absolute Gasteiger partial charge is 0.464 e. The van der Waals surface area contributed by atoms with E-state index in [2.05, 4.69) is 27.5 Å². The molecule has 0 aromatic carbocycles. The van der Waals surface area contributed by atoms with Crippen LogP contribution in [-0.4, -0.2) is 41.5 Å². The minimum absolute atomic E-state index is 0.0236. The SMILES string of the molecule is CCOC(=O)C(CS)NC(=O)C(C)O[N+](=O)[O-]. The average Bonchev–Trinajstić information content (AvgIpc) is 2.24. The molecule has 0 aliphatic carbocycles. The maximum atomic E-state index is 11.4. The molecule has 17 heavy (non-hydrogen) atoms. The molecule has 0 aromatic heterocycles. The van der Waals surface area contributed by atoms with E-state index in [0.717, 1.165) is 0 Å². The molecule has 0 rings (SSSR count). The van der Waals surface area contributed by atoms with Gasteiger partial charge < -0.3 is 14.9 Å². The van der Waals surface area contributed by atoms with Crippen molar-refractivity contribution in [2.24, 2.45) is 0 Å². The lowest BCUT2D eigenvalue weighted by Crippen LogP contribution is -2.47. The number of amides is 1. The van der Waals surface area contributed by atoms with Crippen molar-refractivity contribution >= 4 is 24.5 Å². The molecule has 0 saturated heterocycles. The van der Waals surface area contributed by atoms with Crippen LogP contribution in [0.4, 0.5) is 0 Å². The van der Waals surface area contributed by atoms with E-state index in [4.69, 9.17) is 0 Å². The summed E-state index contributed by atoms with van der Waals surface area (Å²) < 4.78 is 4.68. The first-order chi connectivity index (χ1) is 7.92. The number of nitrogens with one attached hydrogen (secondary N) is 1. The summed E-state index contributed by atoms with van der Waals surface area (Å²) in [5.41, 5.74) is 0. The van der Waals surface area contributed by atoms with Crippen molar-refractivity contribution in [2.75, 3.05) is 12.4 Å². The predicted molar refractivity (Wildman–Crippen MR) is 60.0 cm³/mol. The fourth-order valence-electron chi connectivity index (χ4n) is 0.888. The standard InChI is InChI=1S/C8H14N2O6S/c1-3-15-8(12)6(4-17)9-7(11)5(2)16-10(13)14/h5-6,17H,3-4H2,1-2H3,(H,9,11). The maximum Gasteiger partial charge on any atom is 0.329 e. The lowest BCUT2D eigenvalue weighted by molar-refractivity contribution is -0.763. The number of carbonyl (C=O) groups is 2. The Kier molecular flexibility index (Phi) is 7.03. The molecule has 0 aliphatic heterocycles.